The molecule has 1 amide bonds. The summed E-state index contributed by atoms with van der Waals surface area (Å²) in [6.07, 6.45) is 1.95. The third-order valence-corrected chi connectivity index (χ3v) is 4.20. The van der Waals surface area contributed by atoms with E-state index in [1.54, 1.807) is 30.0 Å². The first kappa shape index (κ1) is 15.7. The molecule has 3 rings (SSSR count). The second-order valence-corrected chi connectivity index (χ2v) is 5.90. The van der Waals surface area contributed by atoms with E-state index in [1.807, 2.05) is 0 Å². The molecular formula is C16H18N2O4S. The highest BCUT2D eigenvalue weighted by Gasteiger charge is 2.31. The smallest absolute Gasteiger partial charge is 0.307 e. The number of likely N-dealkylation sites (tertiary alicyclic amines) is 1. The predicted octanol–water partition coefficient (Wildman–Crippen LogP) is 3.05. The summed E-state index contributed by atoms with van der Waals surface area (Å²) in [5.41, 5.74) is 1.85. The molecule has 2 heterocycles. The van der Waals surface area contributed by atoms with E-state index in [0.29, 0.717) is 24.3 Å². The highest BCUT2D eigenvalue weighted by Crippen LogP contribution is 2.24. The van der Waals surface area contributed by atoms with Gasteiger partial charge < -0.3 is 19.0 Å². The molecule has 0 aliphatic carbocycles. The maximum Gasteiger partial charge on any atom is 0.307 e. The van der Waals surface area contributed by atoms with Crippen LogP contribution in [0.3, 0.4) is 0 Å². The SMILES string of the molecule is CCOC(=O)C[C@H]1CCCN1C(=O)c1ccc2[nH]c(=S)oc2c1. The van der Waals surface area contributed by atoms with Gasteiger partial charge >= 0.3 is 5.97 Å². The zero-order valence-electron chi connectivity index (χ0n) is 12.8. The van der Waals surface area contributed by atoms with Crippen LogP contribution in [0.2, 0.25) is 0 Å². The second-order valence-electron chi connectivity index (χ2n) is 5.53. The van der Waals surface area contributed by atoms with Gasteiger partial charge in [0.15, 0.2) is 5.58 Å². The van der Waals surface area contributed by atoms with E-state index in [0.717, 1.165) is 18.4 Å². The number of benzene rings is 1. The number of carbonyl (C=O) groups is 2. The molecule has 23 heavy (non-hydrogen) atoms. The van der Waals surface area contributed by atoms with E-state index in [-0.39, 0.29) is 29.2 Å². The molecule has 2 aromatic rings. The normalized spacial score (nSPS) is 17.6. The zero-order chi connectivity index (χ0) is 16.4. The zero-order valence-corrected chi connectivity index (χ0v) is 13.6. The summed E-state index contributed by atoms with van der Waals surface area (Å²) in [6, 6.07) is 5.10. The summed E-state index contributed by atoms with van der Waals surface area (Å²) in [4.78, 5) is 29.4. The first-order valence-electron chi connectivity index (χ1n) is 7.68. The summed E-state index contributed by atoms with van der Waals surface area (Å²) >= 11 is 4.95. The fourth-order valence-corrected chi connectivity index (χ4v) is 3.17. The van der Waals surface area contributed by atoms with Crippen molar-refractivity contribution in [3.63, 3.8) is 0 Å². The van der Waals surface area contributed by atoms with Crippen LogP contribution in [0.25, 0.3) is 11.1 Å². The molecule has 0 unspecified atom stereocenters. The van der Waals surface area contributed by atoms with Crippen LogP contribution in [0.5, 0.6) is 0 Å². The molecule has 1 aliphatic heterocycles. The van der Waals surface area contributed by atoms with Crippen molar-refractivity contribution < 1.29 is 18.7 Å². The van der Waals surface area contributed by atoms with Crippen molar-refractivity contribution in [2.45, 2.75) is 32.2 Å². The van der Waals surface area contributed by atoms with Crippen LogP contribution < -0.4 is 0 Å². The molecule has 1 atom stereocenters. The van der Waals surface area contributed by atoms with Gasteiger partial charge in [-0.3, -0.25) is 9.59 Å². The summed E-state index contributed by atoms with van der Waals surface area (Å²) < 4.78 is 10.3. The Kier molecular flexibility index (Phi) is 4.47. The van der Waals surface area contributed by atoms with Crippen LogP contribution in [-0.4, -0.2) is 41.0 Å². The van der Waals surface area contributed by atoms with Crippen LogP contribution in [0.4, 0.5) is 0 Å². The molecule has 6 nitrogen and oxygen atoms in total. The van der Waals surface area contributed by atoms with Gasteiger partial charge in [-0.05, 0) is 50.2 Å². The fourth-order valence-electron chi connectivity index (χ4n) is 2.97. The van der Waals surface area contributed by atoms with Crippen molar-refractivity contribution in [1.82, 2.24) is 9.88 Å². The average Bonchev–Trinajstić information content (AvgIpc) is 3.11. The van der Waals surface area contributed by atoms with Gasteiger partial charge in [-0.25, -0.2) is 0 Å². The van der Waals surface area contributed by atoms with E-state index in [9.17, 15) is 9.59 Å². The number of oxazole rings is 1. The summed E-state index contributed by atoms with van der Waals surface area (Å²) in [5.74, 6) is -0.356. The number of amides is 1. The minimum Gasteiger partial charge on any atom is -0.466 e. The molecule has 1 aromatic heterocycles. The number of hydrogen-bond donors (Lipinski definition) is 1. The number of fused-ring (bicyclic) bond motifs is 1. The standard InChI is InChI=1S/C16H18N2O4S/c1-2-21-14(19)9-11-4-3-7-18(11)15(20)10-5-6-12-13(8-10)22-16(23)17-12/h5-6,8,11H,2-4,7,9H2,1H3,(H,17,23)/t11-/m1/s1. The number of aromatic amines is 1. The third-order valence-electron chi connectivity index (χ3n) is 4.01. The van der Waals surface area contributed by atoms with Crippen molar-refractivity contribution >= 4 is 35.2 Å². The van der Waals surface area contributed by atoms with Crippen molar-refractivity contribution in [2.75, 3.05) is 13.2 Å². The molecule has 122 valence electrons. The lowest BCUT2D eigenvalue weighted by atomic mass is 10.1. The Balaban J connectivity index is 1.79. The Morgan fingerprint density at radius 1 is 1.48 bits per heavy atom. The average molecular weight is 334 g/mol. The summed E-state index contributed by atoms with van der Waals surface area (Å²) in [7, 11) is 0. The lowest BCUT2D eigenvalue weighted by Crippen LogP contribution is -2.37. The molecule has 0 radical (unpaired) electrons. The minimum atomic E-state index is -0.260. The van der Waals surface area contributed by atoms with Crippen LogP contribution in [0, 0.1) is 4.84 Å². The minimum absolute atomic E-state index is 0.0963. The molecule has 0 saturated carbocycles. The second kappa shape index (κ2) is 6.54. The summed E-state index contributed by atoms with van der Waals surface area (Å²) in [5, 5.41) is 0. The Labute approximate surface area is 138 Å². The number of hydrogen-bond acceptors (Lipinski definition) is 5. The number of nitrogens with one attached hydrogen (secondary N) is 1. The van der Waals surface area contributed by atoms with Crippen LogP contribution >= 0.6 is 12.2 Å². The maximum absolute atomic E-state index is 12.7. The molecule has 1 fully saturated rings. The Bertz CT molecular complexity index is 795. The van der Waals surface area contributed by atoms with Crippen molar-refractivity contribution in [2.24, 2.45) is 0 Å². The van der Waals surface area contributed by atoms with E-state index in [4.69, 9.17) is 21.4 Å². The van der Waals surface area contributed by atoms with Gasteiger partial charge in [0, 0.05) is 18.2 Å². The highest BCUT2D eigenvalue weighted by molar-refractivity contribution is 7.71. The number of aromatic nitrogens is 1. The third kappa shape index (κ3) is 3.29. The van der Waals surface area contributed by atoms with E-state index in [1.165, 1.54) is 0 Å². The van der Waals surface area contributed by atoms with Gasteiger partial charge in [-0.2, -0.15) is 0 Å². The van der Waals surface area contributed by atoms with Crippen molar-refractivity contribution in [1.29, 1.82) is 0 Å². The number of nitrogens with zero attached hydrogens (tertiary/aromatic N) is 1. The maximum atomic E-state index is 12.7. The van der Waals surface area contributed by atoms with Gasteiger partial charge in [0.2, 0.25) is 0 Å². The highest BCUT2D eigenvalue weighted by atomic mass is 32.1. The van der Waals surface area contributed by atoms with E-state index in [2.05, 4.69) is 4.98 Å². The lowest BCUT2D eigenvalue weighted by molar-refractivity contribution is -0.144. The van der Waals surface area contributed by atoms with Crippen LogP contribution in [0.1, 0.15) is 36.5 Å². The molecule has 1 aliphatic rings. The Morgan fingerprint density at radius 2 is 2.30 bits per heavy atom. The largest absolute Gasteiger partial charge is 0.466 e. The first-order chi connectivity index (χ1) is 11.1. The van der Waals surface area contributed by atoms with Gasteiger partial charge in [-0.1, -0.05) is 0 Å². The van der Waals surface area contributed by atoms with E-state index >= 15 is 0 Å². The molecule has 1 N–H and O–H groups in total. The predicted molar refractivity (Wildman–Crippen MR) is 86.7 cm³/mol. The van der Waals surface area contributed by atoms with Crippen LogP contribution in [-0.2, 0) is 9.53 Å². The number of esters is 1. The lowest BCUT2D eigenvalue weighted by Gasteiger charge is -2.24. The van der Waals surface area contributed by atoms with Gasteiger partial charge in [0.05, 0.1) is 18.5 Å². The van der Waals surface area contributed by atoms with Gasteiger partial charge in [0.25, 0.3) is 10.7 Å². The molecular weight excluding hydrogens is 316 g/mol. The summed E-state index contributed by atoms with van der Waals surface area (Å²) in [6.45, 7) is 2.78. The number of carbonyl (C=O) groups excluding carboxylic acids is 2. The van der Waals surface area contributed by atoms with Crippen molar-refractivity contribution in [3.8, 4) is 0 Å². The number of ether oxygens (including phenoxy) is 1. The molecule has 0 bridgehead atoms. The molecule has 1 aromatic carbocycles. The number of rotatable bonds is 4. The van der Waals surface area contributed by atoms with Crippen molar-refractivity contribution in [3.05, 3.63) is 28.6 Å². The fraction of sp³-hybridized carbons (Fsp3) is 0.438. The van der Waals surface area contributed by atoms with Gasteiger partial charge in [0.1, 0.15) is 0 Å². The molecule has 7 heteroatoms. The topological polar surface area (TPSA) is 75.5 Å². The Hall–Kier alpha value is -2.15. The van der Waals surface area contributed by atoms with Gasteiger partial charge in [-0.15, -0.1) is 0 Å². The van der Waals surface area contributed by atoms with Crippen LogP contribution in [0.15, 0.2) is 22.6 Å². The quantitative estimate of drug-likeness (QED) is 0.687. The molecule has 0 spiro atoms. The first-order valence-corrected chi connectivity index (χ1v) is 8.08. The van der Waals surface area contributed by atoms with E-state index < -0.39 is 0 Å². The number of H-pyrrole nitrogens is 1. The monoisotopic (exact) mass is 334 g/mol. The molecule has 1 saturated heterocycles. The Morgan fingerprint density at radius 3 is 3.09 bits per heavy atom.